The van der Waals surface area contributed by atoms with Gasteiger partial charge in [-0.2, -0.15) is 0 Å². The molecule has 3 heterocycles. The third-order valence-electron chi connectivity index (χ3n) is 6.46. The smallest absolute Gasteiger partial charge is 0.260 e. The van der Waals surface area contributed by atoms with E-state index in [9.17, 15) is 4.79 Å². The van der Waals surface area contributed by atoms with Gasteiger partial charge in [-0.3, -0.25) is 9.69 Å². The number of hydrogen-bond donors (Lipinski definition) is 1. The molecule has 1 aliphatic heterocycles. The maximum absolute atomic E-state index is 13.1. The van der Waals surface area contributed by atoms with Crippen molar-refractivity contribution >= 4 is 27.2 Å². The molecule has 0 radical (unpaired) electrons. The van der Waals surface area contributed by atoms with Gasteiger partial charge < -0.3 is 9.88 Å². The van der Waals surface area contributed by atoms with Gasteiger partial charge in [0.2, 0.25) is 0 Å². The number of benzene rings is 2. The third-order valence-corrected chi connectivity index (χ3v) is 7.33. The molecule has 164 valence electrons. The number of rotatable bonds is 6. The molecule has 0 saturated carbocycles. The number of nitrogens with zero attached hydrogens (tertiary/aromatic N) is 3. The summed E-state index contributed by atoms with van der Waals surface area (Å²) >= 11 is 1.53. The van der Waals surface area contributed by atoms with Crippen molar-refractivity contribution in [1.29, 1.82) is 0 Å². The summed E-state index contributed by atoms with van der Waals surface area (Å²) in [6.07, 6.45) is 2.52. The Labute approximate surface area is 192 Å². The molecular weight excluding hydrogens is 416 g/mol. The summed E-state index contributed by atoms with van der Waals surface area (Å²) in [6.45, 7) is 5.16. The Hall–Kier alpha value is -2.96. The van der Waals surface area contributed by atoms with Gasteiger partial charge in [-0.05, 0) is 44.0 Å². The van der Waals surface area contributed by atoms with Gasteiger partial charge >= 0.3 is 0 Å². The zero-order valence-electron chi connectivity index (χ0n) is 18.5. The van der Waals surface area contributed by atoms with E-state index < -0.39 is 0 Å². The monoisotopic (exact) mass is 444 g/mol. The number of para-hydroxylation sites is 1. The Morgan fingerprint density at radius 2 is 1.81 bits per heavy atom. The van der Waals surface area contributed by atoms with Gasteiger partial charge in [0.25, 0.3) is 5.56 Å². The van der Waals surface area contributed by atoms with E-state index in [0.717, 1.165) is 35.6 Å². The first-order valence-corrected chi connectivity index (χ1v) is 12.1. The molecule has 1 N–H and O–H groups in total. The van der Waals surface area contributed by atoms with Crippen LogP contribution in [0.3, 0.4) is 0 Å². The van der Waals surface area contributed by atoms with Gasteiger partial charge in [0.15, 0.2) is 0 Å². The highest BCUT2D eigenvalue weighted by molar-refractivity contribution is 7.17. The van der Waals surface area contributed by atoms with Crippen molar-refractivity contribution in [2.45, 2.75) is 32.4 Å². The van der Waals surface area contributed by atoms with Gasteiger partial charge in [-0.25, -0.2) is 4.98 Å². The van der Waals surface area contributed by atoms with Crippen LogP contribution < -0.4 is 10.5 Å². The van der Waals surface area contributed by atoms with Crippen LogP contribution in [0.5, 0.6) is 0 Å². The van der Waals surface area contributed by atoms with E-state index in [1.165, 1.54) is 35.4 Å². The Bertz CT molecular complexity index is 1270. The molecule has 1 atom stereocenters. The molecule has 2 aromatic heterocycles. The van der Waals surface area contributed by atoms with Crippen LogP contribution in [0.25, 0.3) is 21.3 Å². The van der Waals surface area contributed by atoms with E-state index in [4.69, 9.17) is 4.98 Å². The average molecular weight is 445 g/mol. The molecule has 0 unspecified atom stereocenters. The fraction of sp³-hybridized carbons (Fsp3) is 0.308. The van der Waals surface area contributed by atoms with Gasteiger partial charge in [0, 0.05) is 36.3 Å². The predicted octanol–water partition coefficient (Wildman–Crippen LogP) is 5.44. The zero-order valence-corrected chi connectivity index (χ0v) is 19.4. The Morgan fingerprint density at radius 1 is 1.09 bits per heavy atom. The molecule has 0 spiro atoms. The minimum absolute atomic E-state index is 0.0130. The summed E-state index contributed by atoms with van der Waals surface area (Å²) in [5.74, 6) is 0.713. The summed E-state index contributed by atoms with van der Waals surface area (Å²) in [4.78, 5) is 26.5. The van der Waals surface area contributed by atoms with E-state index in [-0.39, 0.29) is 11.6 Å². The predicted molar refractivity (Wildman–Crippen MR) is 133 cm³/mol. The minimum atomic E-state index is -0.0668. The maximum atomic E-state index is 13.1. The van der Waals surface area contributed by atoms with E-state index in [1.807, 2.05) is 35.7 Å². The highest BCUT2D eigenvalue weighted by Crippen LogP contribution is 2.32. The number of aromatic amines is 1. The van der Waals surface area contributed by atoms with Crippen molar-refractivity contribution in [2.75, 3.05) is 25.0 Å². The largest absolute Gasteiger partial charge is 0.371 e. The molecule has 32 heavy (non-hydrogen) atoms. The molecule has 4 aromatic rings. The topological polar surface area (TPSA) is 52.2 Å². The Balaban J connectivity index is 1.42. The lowest BCUT2D eigenvalue weighted by atomic mass is 10.1. The van der Waals surface area contributed by atoms with Crippen molar-refractivity contribution < 1.29 is 0 Å². The van der Waals surface area contributed by atoms with Crippen molar-refractivity contribution in [2.24, 2.45) is 0 Å². The molecule has 1 aliphatic rings. The standard InChI is InChI=1S/C26H28N4OS/c1-18(29(2)16-20-12-6-7-13-22(20)30-14-8-9-15-30)24-27-25(31)23-21(17-32-26(23)28-24)19-10-4-3-5-11-19/h3-7,10-13,17-18H,8-9,14-16H2,1-2H3,(H,27,28,31)/t18-/m1/s1. The van der Waals surface area contributed by atoms with Crippen molar-refractivity contribution in [3.05, 3.63) is 81.7 Å². The quantitative estimate of drug-likeness (QED) is 0.430. The number of thiophene rings is 1. The molecule has 1 saturated heterocycles. The van der Waals surface area contributed by atoms with Crippen molar-refractivity contribution in [3.63, 3.8) is 0 Å². The number of anilines is 1. The second-order valence-corrected chi connectivity index (χ2v) is 9.42. The van der Waals surface area contributed by atoms with Gasteiger partial charge in [-0.15, -0.1) is 11.3 Å². The average Bonchev–Trinajstić information content (AvgIpc) is 3.50. The molecule has 6 heteroatoms. The summed E-state index contributed by atoms with van der Waals surface area (Å²) in [5, 5.41) is 2.71. The summed E-state index contributed by atoms with van der Waals surface area (Å²) in [6, 6.07) is 18.7. The number of H-pyrrole nitrogens is 1. The van der Waals surface area contributed by atoms with E-state index in [1.54, 1.807) is 0 Å². The molecular formula is C26H28N4OS. The zero-order chi connectivity index (χ0) is 22.1. The van der Waals surface area contributed by atoms with Gasteiger partial charge in [0.05, 0.1) is 11.4 Å². The van der Waals surface area contributed by atoms with Crippen LogP contribution in [0.2, 0.25) is 0 Å². The van der Waals surface area contributed by atoms with Crippen LogP contribution in [0.15, 0.2) is 64.8 Å². The molecule has 0 aliphatic carbocycles. The molecule has 0 bridgehead atoms. The number of hydrogen-bond acceptors (Lipinski definition) is 5. The molecule has 2 aromatic carbocycles. The van der Waals surface area contributed by atoms with Crippen LogP contribution in [-0.4, -0.2) is 35.0 Å². The maximum Gasteiger partial charge on any atom is 0.260 e. The first-order valence-electron chi connectivity index (χ1n) is 11.2. The highest BCUT2D eigenvalue weighted by atomic mass is 32.1. The van der Waals surface area contributed by atoms with Gasteiger partial charge in [-0.1, -0.05) is 48.5 Å². The van der Waals surface area contributed by atoms with E-state index in [2.05, 4.69) is 53.0 Å². The first kappa shape index (κ1) is 20.9. The van der Waals surface area contributed by atoms with E-state index >= 15 is 0 Å². The summed E-state index contributed by atoms with van der Waals surface area (Å²) < 4.78 is 0. The van der Waals surface area contributed by atoms with Gasteiger partial charge in [0.1, 0.15) is 10.7 Å². The van der Waals surface area contributed by atoms with Crippen LogP contribution >= 0.6 is 11.3 Å². The molecule has 0 amide bonds. The summed E-state index contributed by atoms with van der Waals surface area (Å²) in [5.41, 5.74) is 4.57. The second-order valence-electron chi connectivity index (χ2n) is 8.56. The number of nitrogens with one attached hydrogen (secondary N) is 1. The lowest BCUT2D eigenvalue weighted by Gasteiger charge is -2.27. The van der Waals surface area contributed by atoms with Crippen molar-refractivity contribution in [1.82, 2.24) is 14.9 Å². The normalized spacial score (nSPS) is 15.0. The summed E-state index contributed by atoms with van der Waals surface area (Å²) in [7, 11) is 2.10. The van der Waals surface area contributed by atoms with E-state index in [0.29, 0.717) is 11.2 Å². The fourth-order valence-corrected chi connectivity index (χ4v) is 5.47. The lowest BCUT2D eigenvalue weighted by molar-refractivity contribution is 0.244. The minimum Gasteiger partial charge on any atom is -0.371 e. The first-order chi connectivity index (χ1) is 15.6. The Kier molecular flexibility index (Phi) is 5.81. The number of fused-ring (bicyclic) bond motifs is 1. The van der Waals surface area contributed by atoms with Crippen LogP contribution in [0, 0.1) is 0 Å². The Morgan fingerprint density at radius 3 is 2.59 bits per heavy atom. The highest BCUT2D eigenvalue weighted by Gasteiger charge is 2.21. The van der Waals surface area contributed by atoms with Crippen LogP contribution in [-0.2, 0) is 6.54 Å². The molecule has 5 nitrogen and oxygen atoms in total. The second kappa shape index (κ2) is 8.88. The van der Waals surface area contributed by atoms with Crippen molar-refractivity contribution in [3.8, 4) is 11.1 Å². The lowest BCUT2D eigenvalue weighted by Crippen LogP contribution is -2.27. The SMILES string of the molecule is C[C@H](c1nc2scc(-c3ccccc3)c2c(=O)[nH]1)N(C)Cc1ccccc1N1CCCC1. The molecule has 5 rings (SSSR count). The van der Waals surface area contributed by atoms with Crippen LogP contribution in [0.4, 0.5) is 5.69 Å². The third kappa shape index (κ3) is 3.96. The number of aromatic nitrogens is 2. The van der Waals surface area contributed by atoms with Crippen LogP contribution in [0.1, 0.15) is 37.2 Å². The fourth-order valence-electron chi connectivity index (χ4n) is 4.52. The molecule has 1 fully saturated rings.